The Morgan fingerprint density at radius 3 is 1.37 bits per heavy atom. The summed E-state index contributed by atoms with van der Waals surface area (Å²) >= 11 is 0. The SMILES string of the molecule is c1ccc(-n2c3ccccc3c3c(-c4ccc5c(c4)c4ccccc4n5-c4cccc5c6ccccc6n(-c6cccc([Si](c7ccccc7)(c7ccccc7)c7ccccc7)c6)c45)cccc32)cc1. The van der Waals surface area contributed by atoms with Crippen LogP contribution in [0, 0.1) is 0 Å². The summed E-state index contributed by atoms with van der Waals surface area (Å²) in [6.07, 6.45) is 0. The molecule has 0 aliphatic rings. The molecule has 0 fully saturated rings. The van der Waals surface area contributed by atoms with Gasteiger partial charge in [-0.2, -0.15) is 0 Å². The number of aromatic nitrogens is 3. The normalized spacial score (nSPS) is 12.0. The van der Waals surface area contributed by atoms with Gasteiger partial charge in [0.2, 0.25) is 0 Å². The first-order valence-corrected chi connectivity index (χ1v) is 26.2. The summed E-state index contributed by atoms with van der Waals surface area (Å²) < 4.78 is 7.44. The fourth-order valence-corrected chi connectivity index (χ4v) is 16.7. The summed E-state index contributed by atoms with van der Waals surface area (Å²) in [5, 5.41) is 12.8. The highest BCUT2D eigenvalue weighted by atomic mass is 28.3. The Labute approximate surface area is 407 Å². The fraction of sp³-hybridized carbons (Fsp3) is 0. The number of nitrogens with zero attached hydrogens (tertiary/aromatic N) is 3. The van der Waals surface area contributed by atoms with Crippen LogP contribution in [0.15, 0.2) is 273 Å². The lowest BCUT2D eigenvalue weighted by molar-refractivity contribution is 1.13. The van der Waals surface area contributed by atoms with Crippen LogP contribution >= 0.6 is 0 Å². The average molecular weight is 908 g/mol. The molecule has 0 atom stereocenters. The van der Waals surface area contributed by atoms with Crippen molar-refractivity contribution < 1.29 is 0 Å². The maximum Gasteiger partial charge on any atom is 0.179 e. The highest BCUT2D eigenvalue weighted by molar-refractivity contribution is 7.19. The molecule has 0 amide bonds. The Morgan fingerprint density at radius 2 is 0.714 bits per heavy atom. The van der Waals surface area contributed by atoms with E-state index in [9.17, 15) is 0 Å². The summed E-state index contributed by atoms with van der Waals surface area (Å²) in [6.45, 7) is 0. The zero-order valence-corrected chi connectivity index (χ0v) is 39.3. The Balaban J connectivity index is 1.01. The molecule has 0 spiro atoms. The van der Waals surface area contributed by atoms with Gasteiger partial charge < -0.3 is 13.7 Å². The molecule has 0 N–H and O–H groups in total. The van der Waals surface area contributed by atoms with Crippen LogP contribution in [0.1, 0.15) is 0 Å². The van der Waals surface area contributed by atoms with E-state index in [0.717, 1.165) is 17.1 Å². The van der Waals surface area contributed by atoms with Gasteiger partial charge in [0.1, 0.15) is 0 Å². The van der Waals surface area contributed by atoms with E-state index in [1.54, 1.807) is 0 Å². The molecule has 4 heteroatoms. The van der Waals surface area contributed by atoms with Crippen LogP contribution in [0.3, 0.4) is 0 Å². The molecule has 0 saturated carbocycles. The number of hydrogen-bond acceptors (Lipinski definition) is 0. The summed E-state index contributed by atoms with van der Waals surface area (Å²) in [5.41, 5.74) is 13.0. The van der Waals surface area contributed by atoms with E-state index >= 15 is 0 Å². The molecule has 11 aromatic carbocycles. The van der Waals surface area contributed by atoms with Crippen LogP contribution in [0.25, 0.3) is 93.6 Å². The summed E-state index contributed by atoms with van der Waals surface area (Å²) in [4.78, 5) is 0. The minimum atomic E-state index is -2.82. The summed E-state index contributed by atoms with van der Waals surface area (Å²) in [6, 6.07) is 101. The molecular weight excluding hydrogens is 863 g/mol. The zero-order chi connectivity index (χ0) is 46.2. The van der Waals surface area contributed by atoms with Crippen LogP contribution in [-0.2, 0) is 0 Å². The first kappa shape index (κ1) is 40.1. The van der Waals surface area contributed by atoms with Gasteiger partial charge in [-0.1, -0.05) is 206 Å². The van der Waals surface area contributed by atoms with E-state index in [2.05, 4.69) is 287 Å². The molecular formula is C66H45N3Si. The van der Waals surface area contributed by atoms with Crippen molar-refractivity contribution >= 4 is 94.2 Å². The molecule has 14 rings (SSSR count). The second-order valence-electron chi connectivity index (χ2n) is 18.4. The van der Waals surface area contributed by atoms with Crippen LogP contribution in [0.4, 0.5) is 0 Å². The third-order valence-electron chi connectivity index (χ3n) is 14.8. The molecule has 14 aromatic rings. The molecule has 328 valence electrons. The zero-order valence-electron chi connectivity index (χ0n) is 38.3. The van der Waals surface area contributed by atoms with Gasteiger partial charge in [-0.05, 0) is 98.6 Å². The monoisotopic (exact) mass is 907 g/mol. The summed E-state index contributed by atoms with van der Waals surface area (Å²) in [7, 11) is -2.82. The van der Waals surface area contributed by atoms with E-state index in [-0.39, 0.29) is 0 Å². The highest BCUT2D eigenvalue weighted by Gasteiger charge is 2.41. The van der Waals surface area contributed by atoms with Crippen molar-refractivity contribution in [3.05, 3.63) is 273 Å². The van der Waals surface area contributed by atoms with Crippen molar-refractivity contribution in [2.24, 2.45) is 0 Å². The van der Waals surface area contributed by atoms with Gasteiger partial charge in [0.15, 0.2) is 8.07 Å². The minimum Gasteiger partial charge on any atom is -0.309 e. The molecule has 0 saturated heterocycles. The predicted molar refractivity (Wildman–Crippen MR) is 299 cm³/mol. The second kappa shape index (κ2) is 16.1. The molecule has 3 aromatic heterocycles. The molecule has 0 aliphatic carbocycles. The second-order valence-corrected chi connectivity index (χ2v) is 22.2. The largest absolute Gasteiger partial charge is 0.309 e. The van der Waals surface area contributed by atoms with E-state index in [4.69, 9.17) is 0 Å². The molecule has 3 nitrogen and oxygen atoms in total. The topological polar surface area (TPSA) is 14.8 Å². The van der Waals surface area contributed by atoms with Crippen LogP contribution in [0.2, 0.25) is 0 Å². The molecule has 0 aliphatic heterocycles. The van der Waals surface area contributed by atoms with Crippen LogP contribution < -0.4 is 20.7 Å². The smallest absolute Gasteiger partial charge is 0.179 e. The number of rotatable bonds is 8. The van der Waals surface area contributed by atoms with Gasteiger partial charge in [0.25, 0.3) is 0 Å². The van der Waals surface area contributed by atoms with Crippen LogP contribution in [-0.4, -0.2) is 21.8 Å². The molecule has 0 bridgehead atoms. The van der Waals surface area contributed by atoms with E-state index in [1.807, 2.05) is 0 Å². The van der Waals surface area contributed by atoms with Crippen molar-refractivity contribution in [3.8, 4) is 28.2 Å². The van der Waals surface area contributed by atoms with Crippen LogP contribution in [0.5, 0.6) is 0 Å². The highest BCUT2D eigenvalue weighted by Crippen LogP contribution is 2.43. The lowest BCUT2D eigenvalue weighted by atomic mass is 9.98. The lowest BCUT2D eigenvalue weighted by Gasteiger charge is -2.34. The maximum atomic E-state index is 2.53. The number of fused-ring (bicyclic) bond motifs is 9. The third kappa shape index (κ3) is 5.94. The predicted octanol–water partition coefficient (Wildman–Crippen LogP) is 14.0. The lowest BCUT2D eigenvalue weighted by Crippen LogP contribution is -2.74. The molecule has 3 heterocycles. The van der Waals surface area contributed by atoms with Gasteiger partial charge in [-0.15, -0.1) is 0 Å². The first-order chi connectivity index (χ1) is 34.8. The van der Waals surface area contributed by atoms with E-state index in [1.165, 1.54) is 97.3 Å². The van der Waals surface area contributed by atoms with Crippen molar-refractivity contribution in [1.29, 1.82) is 0 Å². The molecule has 0 radical (unpaired) electrons. The maximum absolute atomic E-state index is 2.82. The Morgan fingerprint density at radius 1 is 0.257 bits per heavy atom. The number of para-hydroxylation sites is 5. The van der Waals surface area contributed by atoms with Gasteiger partial charge in [0, 0.05) is 43.7 Å². The van der Waals surface area contributed by atoms with E-state index < -0.39 is 8.07 Å². The Hall–Kier alpha value is -8.96. The van der Waals surface area contributed by atoms with Crippen molar-refractivity contribution in [2.75, 3.05) is 0 Å². The van der Waals surface area contributed by atoms with Gasteiger partial charge in [-0.3, -0.25) is 0 Å². The number of hydrogen-bond donors (Lipinski definition) is 0. The Kier molecular flexibility index (Phi) is 9.23. The standard InChI is InChI=1S/C66H45N3Si/c1-5-22-47(23-6-1)67-61-39-18-15-34-57(61)65-53(35-20-40-63(65)67)46-42-43-62-58(44-46)55-33-14-17-38-60(55)69(62)64-41-21-36-56-54-32-13-16-37-59(54)68(66(56)64)48-24-19-31-52(45-48)70(49-25-7-2-8-26-49,50-27-9-3-10-28-50)51-29-11-4-12-30-51/h1-45H. The number of benzene rings is 11. The van der Waals surface area contributed by atoms with Gasteiger partial charge in [-0.25, -0.2) is 0 Å². The summed E-state index contributed by atoms with van der Waals surface area (Å²) in [5.74, 6) is 0. The quantitative estimate of drug-likeness (QED) is 0.107. The molecule has 70 heavy (non-hydrogen) atoms. The van der Waals surface area contributed by atoms with E-state index in [0.29, 0.717) is 0 Å². The fourth-order valence-electron chi connectivity index (χ4n) is 11.9. The van der Waals surface area contributed by atoms with Crippen molar-refractivity contribution in [2.45, 2.75) is 0 Å². The van der Waals surface area contributed by atoms with Gasteiger partial charge >= 0.3 is 0 Å². The average Bonchev–Trinajstić information content (AvgIpc) is 4.08. The van der Waals surface area contributed by atoms with Gasteiger partial charge in [0.05, 0.1) is 38.8 Å². The first-order valence-electron chi connectivity index (χ1n) is 24.2. The minimum absolute atomic E-state index is 1.14. The van der Waals surface area contributed by atoms with Crippen molar-refractivity contribution in [1.82, 2.24) is 13.7 Å². The Bertz CT molecular complexity index is 4180. The molecule has 0 unspecified atom stereocenters. The third-order valence-corrected chi connectivity index (χ3v) is 19.5. The van der Waals surface area contributed by atoms with Crippen molar-refractivity contribution in [3.63, 3.8) is 0 Å².